The highest BCUT2D eigenvalue weighted by Gasteiger charge is 2.43. The summed E-state index contributed by atoms with van der Waals surface area (Å²) in [4.78, 5) is 24.3. The fourth-order valence-electron chi connectivity index (χ4n) is 2.33. The van der Waals surface area contributed by atoms with E-state index in [2.05, 4.69) is 9.38 Å². The van der Waals surface area contributed by atoms with Crippen molar-refractivity contribution in [2.75, 3.05) is 13.1 Å². The van der Waals surface area contributed by atoms with E-state index in [1.807, 2.05) is 0 Å². The Labute approximate surface area is 124 Å². The molecule has 0 aromatic carbocycles. The fraction of sp³-hybridized carbons (Fsp3) is 0.300. The van der Waals surface area contributed by atoms with E-state index in [1.165, 1.54) is 21.8 Å². The molecule has 11 nitrogen and oxygen atoms in total. The number of nitrogens with two attached hydrogens (primary N) is 1. The lowest BCUT2D eigenvalue weighted by Gasteiger charge is -2.20. The molecule has 1 unspecified atom stereocenters. The molecule has 2 bridgehead atoms. The molecule has 0 radical (unpaired) electrons. The first-order valence-electron chi connectivity index (χ1n) is 6.06. The lowest BCUT2D eigenvalue weighted by atomic mass is 10.2. The number of primary amides is 1. The van der Waals surface area contributed by atoms with E-state index in [4.69, 9.17) is 10.3 Å². The van der Waals surface area contributed by atoms with Crippen LogP contribution in [0.1, 0.15) is 10.5 Å². The summed E-state index contributed by atoms with van der Waals surface area (Å²) in [6.07, 6.45) is 3.06. The van der Waals surface area contributed by atoms with E-state index < -0.39 is 28.4 Å². The monoisotopic (exact) mass is 329 g/mol. The minimum absolute atomic E-state index is 0.0613. The van der Waals surface area contributed by atoms with Gasteiger partial charge in [-0.05, 0) is 12.1 Å². The van der Waals surface area contributed by atoms with Gasteiger partial charge in [-0.2, -0.15) is 18.6 Å². The van der Waals surface area contributed by atoms with Gasteiger partial charge in [0.25, 0.3) is 5.91 Å². The summed E-state index contributed by atoms with van der Waals surface area (Å²) >= 11 is 0. The van der Waals surface area contributed by atoms with Crippen molar-refractivity contribution in [1.29, 1.82) is 0 Å². The molecule has 1 aromatic heterocycles. The Morgan fingerprint density at radius 2 is 2.23 bits per heavy atom. The Hall–Kier alpha value is -2.44. The van der Waals surface area contributed by atoms with Crippen LogP contribution in [0.5, 0.6) is 0 Å². The zero-order valence-electron chi connectivity index (χ0n) is 11.0. The Balaban J connectivity index is 1.89. The molecule has 3 N–H and O–H groups in total. The van der Waals surface area contributed by atoms with E-state index in [-0.39, 0.29) is 18.8 Å². The second-order valence-corrected chi connectivity index (χ2v) is 5.73. The second kappa shape index (κ2) is 4.79. The Morgan fingerprint density at radius 3 is 2.82 bits per heavy atom. The molecule has 1 fully saturated rings. The summed E-state index contributed by atoms with van der Waals surface area (Å²) in [7, 11) is -4.80. The van der Waals surface area contributed by atoms with E-state index >= 15 is 0 Å². The molecule has 1 atom stereocenters. The van der Waals surface area contributed by atoms with E-state index in [9.17, 15) is 18.0 Å². The number of nitrogens with zero attached hydrogens (tertiary/aromatic N) is 4. The van der Waals surface area contributed by atoms with Crippen molar-refractivity contribution >= 4 is 28.0 Å². The molecule has 1 saturated heterocycles. The maximum Gasteiger partial charge on any atom is 0.418 e. The van der Waals surface area contributed by atoms with Gasteiger partial charge in [-0.15, -0.1) is 4.28 Å². The largest absolute Gasteiger partial charge is 0.418 e. The van der Waals surface area contributed by atoms with Crippen molar-refractivity contribution < 1.29 is 26.8 Å². The molecule has 118 valence electrons. The number of hydroxylamine groups is 2. The average molecular weight is 329 g/mol. The van der Waals surface area contributed by atoms with E-state index in [0.717, 1.165) is 0 Å². The zero-order chi connectivity index (χ0) is 16.1. The second-order valence-electron chi connectivity index (χ2n) is 4.73. The molecule has 3 amide bonds. The number of hydrogen-bond acceptors (Lipinski definition) is 6. The summed E-state index contributed by atoms with van der Waals surface area (Å²) in [5.41, 5.74) is 5.72. The fourth-order valence-corrected chi connectivity index (χ4v) is 2.71. The minimum Gasteiger partial charge on any atom is -0.364 e. The topological polar surface area (TPSA) is 148 Å². The van der Waals surface area contributed by atoms with Crippen LogP contribution >= 0.6 is 0 Å². The highest BCUT2D eigenvalue weighted by Crippen LogP contribution is 2.27. The van der Waals surface area contributed by atoms with Gasteiger partial charge < -0.3 is 10.6 Å². The van der Waals surface area contributed by atoms with Gasteiger partial charge in [0.2, 0.25) is 0 Å². The SMILES string of the molecule is NC(=O)c1ccn(C2=CC3CN(C2)C(=O)N3OS(=O)(=O)O)n1. The third-order valence-electron chi connectivity index (χ3n) is 3.22. The van der Waals surface area contributed by atoms with Crippen molar-refractivity contribution in [2.45, 2.75) is 6.04 Å². The van der Waals surface area contributed by atoms with Gasteiger partial charge >= 0.3 is 16.4 Å². The van der Waals surface area contributed by atoms with Gasteiger partial charge in [-0.25, -0.2) is 9.48 Å². The highest BCUT2D eigenvalue weighted by molar-refractivity contribution is 7.80. The molecule has 22 heavy (non-hydrogen) atoms. The van der Waals surface area contributed by atoms with Crippen LogP contribution in [0.2, 0.25) is 0 Å². The molecule has 2 aliphatic heterocycles. The first kappa shape index (κ1) is 14.5. The number of hydrogen-bond donors (Lipinski definition) is 2. The standard InChI is InChI=1S/C10H11N5O6S/c11-9(16)8-1-2-14(12-8)6-3-7-5-13(4-6)10(17)15(7)21-22(18,19)20/h1-3,7H,4-5H2,(H2,11,16)(H,18,19,20). The third-order valence-corrected chi connectivity index (χ3v) is 3.56. The predicted octanol–water partition coefficient (Wildman–Crippen LogP) is -1.32. The lowest BCUT2D eigenvalue weighted by molar-refractivity contribution is -0.0183. The number of fused-ring (bicyclic) bond motifs is 2. The molecule has 12 heteroatoms. The maximum atomic E-state index is 12.0. The predicted molar refractivity (Wildman–Crippen MR) is 70.2 cm³/mol. The summed E-state index contributed by atoms with van der Waals surface area (Å²) in [5, 5.41) is 4.53. The summed E-state index contributed by atoms with van der Waals surface area (Å²) in [6.45, 7) is 0.350. The number of amides is 3. The molecule has 2 aliphatic rings. The van der Waals surface area contributed by atoms with Crippen LogP contribution in [0.15, 0.2) is 18.3 Å². The van der Waals surface area contributed by atoms with Crippen molar-refractivity contribution in [2.24, 2.45) is 5.73 Å². The smallest absolute Gasteiger partial charge is 0.364 e. The van der Waals surface area contributed by atoms with Gasteiger partial charge in [0.15, 0.2) is 0 Å². The van der Waals surface area contributed by atoms with Crippen LogP contribution in [-0.2, 0) is 14.7 Å². The van der Waals surface area contributed by atoms with Gasteiger partial charge in [0.1, 0.15) is 11.7 Å². The zero-order valence-corrected chi connectivity index (χ0v) is 11.8. The number of carbonyl (C=O) groups is 2. The van der Waals surface area contributed by atoms with Crippen molar-refractivity contribution in [3.63, 3.8) is 0 Å². The van der Waals surface area contributed by atoms with Crippen LogP contribution < -0.4 is 5.73 Å². The quantitative estimate of drug-likeness (QED) is 0.650. The summed E-state index contributed by atoms with van der Waals surface area (Å²) < 4.78 is 35.9. The number of rotatable bonds is 4. The Bertz CT molecular complexity index is 783. The van der Waals surface area contributed by atoms with Crippen molar-refractivity contribution in [1.82, 2.24) is 19.7 Å². The maximum absolute atomic E-state index is 12.0. The first-order chi connectivity index (χ1) is 10.2. The average Bonchev–Trinajstić information content (AvgIpc) is 2.98. The van der Waals surface area contributed by atoms with E-state index in [1.54, 1.807) is 6.08 Å². The minimum atomic E-state index is -4.80. The molecule has 3 rings (SSSR count). The number of urea groups is 1. The third kappa shape index (κ3) is 2.54. The molecular formula is C10H11N5O6S. The molecule has 1 aromatic rings. The summed E-state index contributed by atoms with van der Waals surface area (Å²) in [6, 6.07) is 0.0130. The van der Waals surface area contributed by atoms with Gasteiger partial charge in [0, 0.05) is 12.7 Å². The van der Waals surface area contributed by atoms with Crippen molar-refractivity contribution in [3.05, 3.63) is 24.0 Å². The molecule has 0 spiro atoms. The molecule has 0 aliphatic carbocycles. The highest BCUT2D eigenvalue weighted by atomic mass is 32.3. The van der Waals surface area contributed by atoms with Gasteiger partial charge in [-0.3, -0.25) is 9.35 Å². The first-order valence-corrected chi connectivity index (χ1v) is 7.43. The van der Waals surface area contributed by atoms with Gasteiger partial charge in [0.05, 0.1) is 12.2 Å². The number of aromatic nitrogens is 2. The normalized spacial score (nSPS) is 21.2. The lowest BCUT2D eigenvalue weighted by Crippen LogP contribution is -2.35. The van der Waals surface area contributed by atoms with Crippen LogP contribution in [0.4, 0.5) is 4.79 Å². The van der Waals surface area contributed by atoms with Crippen LogP contribution in [-0.4, -0.2) is 63.8 Å². The molecule has 0 saturated carbocycles. The number of carbonyl (C=O) groups excluding carboxylic acids is 2. The van der Waals surface area contributed by atoms with Crippen LogP contribution in [0, 0.1) is 0 Å². The molecular weight excluding hydrogens is 318 g/mol. The Morgan fingerprint density at radius 1 is 1.50 bits per heavy atom. The van der Waals surface area contributed by atoms with E-state index in [0.29, 0.717) is 10.8 Å². The van der Waals surface area contributed by atoms with Crippen molar-refractivity contribution in [3.8, 4) is 0 Å². The summed E-state index contributed by atoms with van der Waals surface area (Å²) in [5.74, 6) is -0.689. The molecule has 3 heterocycles. The van der Waals surface area contributed by atoms with Crippen LogP contribution in [0.3, 0.4) is 0 Å². The van der Waals surface area contributed by atoms with Crippen LogP contribution in [0.25, 0.3) is 5.70 Å². The van der Waals surface area contributed by atoms with Gasteiger partial charge in [-0.1, -0.05) is 0 Å². The Kier molecular flexibility index (Phi) is 3.16.